The summed E-state index contributed by atoms with van der Waals surface area (Å²) in [7, 11) is 0. The van der Waals surface area contributed by atoms with Crippen LogP contribution in [0.1, 0.15) is 15.9 Å². The van der Waals surface area contributed by atoms with E-state index < -0.39 is 17.6 Å². The number of amides is 1. The lowest BCUT2D eigenvalue weighted by atomic mass is 9.95. The number of benzene rings is 2. The number of alkyl halides is 3. The Bertz CT molecular complexity index is 620. The largest absolute Gasteiger partial charge is 0.417 e. The van der Waals surface area contributed by atoms with E-state index >= 15 is 0 Å². The molecule has 0 aliphatic rings. The van der Waals surface area contributed by atoms with Gasteiger partial charge in [0.15, 0.2) is 0 Å². The summed E-state index contributed by atoms with van der Waals surface area (Å²) < 4.78 is 38.8. The average Bonchev–Trinajstić information content (AvgIpc) is 2.37. The lowest BCUT2D eigenvalue weighted by Crippen LogP contribution is -2.14. The molecule has 0 saturated carbocycles. The second kappa shape index (κ2) is 4.76. The van der Waals surface area contributed by atoms with Gasteiger partial charge in [-0.3, -0.25) is 4.79 Å². The van der Waals surface area contributed by atoms with Crippen molar-refractivity contribution in [1.82, 2.24) is 0 Å². The lowest BCUT2D eigenvalue weighted by molar-refractivity contribution is -0.137. The summed E-state index contributed by atoms with van der Waals surface area (Å²) in [6.07, 6.45) is -4.49. The summed E-state index contributed by atoms with van der Waals surface area (Å²) in [5, 5.41) is 0. The fourth-order valence-corrected chi connectivity index (χ4v) is 1.83. The van der Waals surface area contributed by atoms with Gasteiger partial charge in [-0.1, -0.05) is 30.3 Å². The third-order valence-electron chi connectivity index (χ3n) is 2.65. The van der Waals surface area contributed by atoms with Gasteiger partial charge >= 0.3 is 6.18 Å². The van der Waals surface area contributed by atoms with Crippen LogP contribution in [0.15, 0.2) is 42.5 Å². The molecule has 0 heterocycles. The molecule has 2 N–H and O–H groups in total. The summed E-state index contributed by atoms with van der Waals surface area (Å²) in [6.45, 7) is 0. The molecule has 2 aromatic rings. The number of carbonyl (C=O) groups excluding carboxylic acids is 1. The molecule has 19 heavy (non-hydrogen) atoms. The first-order valence-corrected chi connectivity index (χ1v) is 5.38. The molecule has 2 nitrogen and oxygen atoms in total. The van der Waals surface area contributed by atoms with Crippen LogP contribution in [0.3, 0.4) is 0 Å². The van der Waals surface area contributed by atoms with Gasteiger partial charge in [-0.15, -0.1) is 0 Å². The Kier molecular flexibility index (Phi) is 3.29. The number of primary amides is 1. The van der Waals surface area contributed by atoms with Crippen LogP contribution in [0, 0.1) is 6.07 Å². The molecule has 97 valence electrons. The number of rotatable bonds is 2. The Balaban J connectivity index is 2.70. The lowest BCUT2D eigenvalue weighted by Gasteiger charge is -2.14. The first-order chi connectivity index (χ1) is 8.91. The summed E-state index contributed by atoms with van der Waals surface area (Å²) in [6, 6.07) is 11.8. The van der Waals surface area contributed by atoms with Crippen LogP contribution in [-0.4, -0.2) is 5.91 Å². The summed E-state index contributed by atoms with van der Waals surface area (Å²) in [4.78, 5) is 11.3. The highest BCUT2D eigenvalue weighted by Gasteiger charge is 2.33. The molecule has 1 amide bonds. The van der Waals surface area contributed by atoms with Crippen LogP contribution in [-0.2, 0) is 6.18 Å². The highest BCUT2D eigenvalue weighted by atomic mass is 19.4. The fourth-order valence-electron chi connectivity index (χ4n) is 1.83. The maximum absolute atomic E-state index is 12.9. The molecule has 2 rings (SSSR count). The molecule has 0 spiro atoms. The molecule has 1 radical (unpaired) electrons. The summed E-state index contributed by atoms with van der Waals surface area (Å²) in [5.74, 6) is -0.788. The third-order valence-corrected chi connectivity index (χ3v) is 2.65. The van der Waals surface area contributed by atoms with Crippen molar-refractivity contribution in [3.63, 3.8) is 0 Å². The highest BCUT2D eigenvalue weighted by Crippen LogP contribution is 2.37. The Morgan fingerprint density at radius 1 is 1.11 bits per heavy atom. The zero-order valence-corrected chi connectivity index (χ0v) is 9.66. The van der Waals surface area contributed by atoms with E-state index in [1.165, 1.54) is 36.4 Å². The number of nitrogens with two attached hydrogens (primary N) is 1. The quantitative estimate of drug-likeness (QED) is 0.888. The van der Waals surface area contributed by atoms with Crippen molar-refractivity contribution in [2.75, 3.05) is 0 Å². The van der Waals surface area contributed by atoms with Crippen molar-refractivity contribution in [1.29, 1.82) is 0 Å². The Morgan fingerprint density at radius 3 is 2.42 bits per heavy atom. The molecule has 0 bridgehead atoms. The van der Waals surface area contributed by atoms with Gasteiger partial charge in [0.25, 0.3) is 0 Å². The van der Waals surface area contributed by atoms with Gasteiger partial charge in [0.05, 0.1) is 5.56 Å². The molecular weight excluding hydrogens is 255 g/mol. The highest BCUT2D eigenvalue weighted by molar-refractivity contribution is 6.00. The molecule has 0 fully saturated rings. The van der Waals surface area contributed by atoms with E-state index in [4.69, 9.17) is 5.73 Å². The second-order valence-electron chi connectivity index (χ2n) is 3.88. The maximum atomic E-state index is 12.9. The van der Waals surface area contributed by atoms with Gasteiger partial charge in [0.2, 0.25) is 5.91 Å². The van der Waals surface area contributed by atoms with Crippen molar-refractivity contribution in [3.05, 3.63) is 59.7 Å². The molecule has 2 aromatic carbocycles. The van der Waals surface area contributed by atoms with Crippen molar-refractivity contribution >= 4 is 5.91 Å². The van der Waals surface area contributed by atoms with Crippen LogP contribution in [0.5, 0.6) is 0 Å². The van der Waals surface area contributed by atoms with Crippen molar-refractivity contribution < 1.29 is 18.0 Å². The van der Waals surface area contributed by atoms with E-state index in [0.29, 0.717) is 0 Å². The van der Waals surface area contributed by atoms with Crippen LogP contribution in [0.2, 0.25) is 0 Å². The number of hydrogen-bond donors (Lipinski definition) is 1. The smallest absolute Gasteiger partial charge is 0.366 e. The average molecular weight is 264 g/mol. The van der Waals surface area contributed by atoms with Crippen LogP contribution in [0.4, 0.5) is 13.2 Å². The van der Waals surface area contributed by atoms with Crippen LogP contribution >= 0.6 is 0 Å². The molecule has 0 unspecified atom stereocenters. The molecular formula is C14H9F3NO. The van der Waals surface area contributed by atoms with Crippen LogP contribution in [0.25, 0.3) is 11.1 Å². The van der Waals surface area contributed by atoms with Gasteiger partial charge in [0.1, 0.15) is 0 Å². The second-order valence-corrected chi connectivity index (χ2v) is 3.88. The van der Waals surface area contributed by atoms with E-state index in [1.807, 2.05) is 0 Å². The predicted molar refractivity (Wildman–Crippen MR) is 64.2 cm³/mol. The topological polar surface area (TPSA) is 43.1 Å². The monoisotopic (exact) mass is 264 g/mol. The number of hydrogen-bond acceptors (Lipinski definition) is 1. The maximum Gasteiger partial charge on any atom is 0.417 e. The predicted octanol–water partition coefficient (Wildman–Crippen LogP) is 3.27. The summed E-state index contributed by atoms with van der Waals surface area (Å²) in [5.41, 5.74) is 4.46. The molecule has 0 saturated heterocycles. The van der Waals surface area contributed by atoms with Gasteiger partial charge in [-0.25, -0.2) is 0 Å². The van der Waals surface area contributed by atoms with E-state index in [9.17, 15) is 18.0 Å². The van der Waals surface area contributed by atoms with Crippen molar-refractivity contribution in [2.45, 2.75) is 6.18 Å². The first kappa shape index (κ1) is 13.1. The normalized spacial score (nSPS) is 11.3. The molecule has 5 heteroatoms. The van der Waals surface area contributed by atoms with E-state index in [1.54, 1.807) is 0 Å². The number of halogens is 3. The minimum atomic E-state index is -4.49. The van der Waals surface area contributed by atoms with Crippen molar-refractivity contribution in [3.8, 4) is 11.1 Å². The first-order valence-electron chi connectivity index (χ1n) is 5.38. The third kappa shape index (κ3) is 2.59. The van der Waals surface area contributed by atoms with Gasteiger partial charge in [-0.2, -0.15) is 13.2 Å². The minimum Gasteiger partial charge on any atom is -0.366 e. The van der Waals surface area contributed by atoms with Crippen LogP contribution < -0.4 is 5.73 Å². The van der Waals surface area contributed by atoms with E-state index in [-0.39, 0.29) is 16.7 Å². The SMILES string of the molecule is NC(=O)c1c[c]ccc1-c1ccccc1C(F)(F)F. The van der Waals surface area contributed by atoms with Gasteiger partial charge < -0.3 is 5.73 Å². The Hall–Kier alpha value is -2.30. The molecule has 0 aliphatic heterocycles. The minimum absolute atomic E-state index is 0.0131. The zero-order chi connectivity index (χ0) is 14.0. The van der Waals surface area contributed by atoms with E-state index in [0.717, 1.165) is 6.07 Å². The Labute approximate surface area is 107 Å². The number of carbonyl (C=O) groups is 1. The Morgan fingerprint density at radius 2 is 1.79 bits per heavy atom. The molecule has 0 aliphatic carbocycles. The van der Waals surface area contributed by atoms with Gasteiger partial charge in [0, 0.05) is 5.56 Å². The summed E-state index contributed by atoms with van der Waals surface area (Å²) >= 11 is 0. The van der Waals surface area contributed by atoms with Crippen molar-refractivity contribution in [2.24, 2.45) is 5.73 Å². The van der Waals surface area contributed by atoms with Gasteiger partial charge in [-0.05, 0) is 29.3 Å². The van der Waals surface area contributed by atoms with E-state index in [2.05, 4.69) is 6.07 Å². The molecule has 0 aromatic heterocycles. The standard InChI is InChI=1S/C14H9F3NO/c15-14(16,17)12-8-4-3-6-10(12)9-5-1-2-7-11(9)13(18)19/h1,3-8H,(H2,18,19). The zero-order valence-electron chi connectivity index (χ0n) is 9.66. The fraction of sp³-hybridized carbons (Fsp3) is 0.0714. The molecule has 0 atom stereocenters.